The molecule has 1 atom stereocenters. The number of nitrogens with one attached hydrogen (secondary N) is 1. The Hall–Kier alpha value is -1.29. The quantitative estimate of drug-likeness (QED) is 0.847. The Morgan fingerprint density at radius 3 is 2.81 bits per heavy atom. The van der Waals surface area contributed by atoms with Gasteiger partial charge in [-0.15, -0.1) is 0 Å². The Balaban J connectivity index is 1.84. The lowest BCUT2D eigenvalue weighted by atomic mass is 9.70. The molecular formula is C17H28N2O2. The second-order valence-electron chi connectivity index (χ2n) is 6.66. The number of furan rings is 1. The third-order valence-corrected chi connectivity index (χ3v) is 4.89. The number of amides is 1. The van der Waals surface area contributed by atoms with E-state index in [0.29, 0.717) is 12.5 Å². The van der Waals surface area contributed by atoms with Crippen molar-refractivity contribution in [2.75, 3.05) is 6.54 Å². The van der Waals surface area contributed by atoms with Crippen molar-refractivity contribution in [1.82, 2.24) is 5.32 Å². The van der Waals surface area contributed by atoms with E-state index in [9.17, 15) is 4.79 Å². The Morgan fingerprint density at radius 2 is 2.24 bits per heavy atom. The topological polar surface area (TPSA) is 68.3 Å². The largest absolute Gasteiger partial charge is 0.469 e. The molecule has 1 amide bonds. The van der Waals surface area contributed by atoms with Crippen molar-refractivity contribution in [2.45, 2.75) is 58.4 Å². The third-order valence-electron chi connectivity index (χ3n) is 4.89. The maximum atomic E-state index is 12.6. The third kappa shape index (κ3) is 4.10. The monoisotopic (exact) mass is 292 g/mol. The van der Waals surface area contributed by atoms with E-state index in [-0.39, 0.29) is 17.4 Å². The smallest absolute Gasteiger partial charge is 0.227 e. The van der Waals surface area contributed by atoms with Crippen LogP contribution in [0.25, 0.3) is 0 Å². The fraction of sp³-hybridized carbons (Fsp3) is 0.706. The molecule has 1 aromatic rings. The average molecular weight is 292 g/mol. The first-order chi connectivity index (χ1) is 10.1. The molecule has 2 rings (SSSR count). The normalized spacial score (nSPS) is 27.3. The van der Waals surface area contributed by atoms with Crippen molar-refractivity contribution in [3.8, 4) is 0 Å². The number of rotatable bonds is 6. The van der Waals surface area contributed by atoms with Gasteiger partial charge in [0.25, 0.3) is 0 Å². The highest BCUT2D eigenvalue weighted by atomic mass is 16.3. The predicted molar refractivity (Wildman–Crippen MR) is 83.8 cm³/mol. The predicted octanol–water partition coefficient (Wildman–Crippen LogP) is 2.87. The first kappa shape index (κ1) is 16.1. The van der Waals surface area contributed by atoms with Crippen LogP contribution >= 0.6 is 0 Å². The Kier molecular flexibility index (Phi) is 5.45. The average Bonchev–Trinajstić information content (AvgIpc) is 2.99. The summed E-state index contributed by atoms with van der Waals surface area (Å²) in [6.07, 6.45) is 7.46. The molecular weight excluding hydrogens is 264 g/mol. The molecule has 0 radical (unpaired) electrons. The molecule has 118 valence electrons. The summed E-state index contributed by atoms with van der Waals surface area (Å²) in [5, 5.41) is 3.16. The molecule has 0 aromatic carbocycles. The molecule has 4 nitrogen and oxygen atoms in total. The highest BCUT2D eigenvalue weighted by Gasteiger charge is 2.40. The zero-order chi connectivity index (χ0) is 15.3. The fourth-order valence-corrected chi connectivity index (χ4v) is 3.10. The second kappa shape index (κ2) is 7.12. The molecule has 0 bridgehead atoms. The van der Waals surface area contributed by atoms with E-state index in [1.165, 1.54) is 0 Å². The number of nitrogens with two attached hydrogens (primary N) is 1. The number of carbonyl (C=O) groups excluding carboxylic acids is 1. The summed E-state index contributed by atoms with van der Waals surface area (Å²) in [5.41, 5.74) is 5.59. The lowest BCUT2D eigenvalue weighted by Gasteiger charge is -2.37. The molecule has 1 aromatic heterocycles. The van der Waals surface area contributed by atoms with E-state index in [0.717, 1.165) is 44.3 Å². The van der Waals surface area contributed by atoms with Crippen LogP contribution in [0.5, 0.6) is 0 Å². The number of hydrogen-bond donors (Lipinski definition) is 2. The molecule has 3 N–H and O–H groups in total. The van der Waals surface area contributed by atoms with Gasteiger partial charge in [0.1, 0.15) is 5.76 Å². The molecule has 21 heavy (non-hydrogen) atoms. The molecule has 1 unspecified atom stereocenters. The van der Waals surface area contributed by atoms with E-state index < -0.39 is 0 Å². The van der Waals surface area contributed by atoms with Gasteiger partial charge in [-0.25, -0.2) is 0 Å². The lowest BCUT2D eigenvalue weighted by molar-refractivity contribution is -0.133. The van der Waals surface area contributed by atoms with Crippen molar-refractivity contribution in [1.29, 1.82) is 0 Å². The van der Waals surface area contributed by atoms with Gasteiger partial charge >= 0.3 is 0 Å². The van der Waals surface area contributed by atoms with Crippen LogP contribution in [0, 0.1) is 11.3 Å². The van der Waals surface area contributed by atoms with Gasteiger partial charge < -0.3 is 15.5 Å². The summed E-state index contributed by atoms with van der Waals surface area (Å²) in [7, 11) is 0. The van der Waals surface area contributed by atoms with Gasteiger partial charge in [0.05, 0.1) is 11.7 Å². The van der Waals surface area contributed by atoms with E-state index >= 15 is 0 Å². The van der Waals surface area contributed by atoms with Gasteiger partial charge in [-0.05, 0) is 57.1 Å². The van der Waals surface area contributed by atoms with Gasteiger partial charge in [0.2, 0.25) is 5.91 Å². The molecule has 1 aliphatic rings. The number of aryl methyl sites for hydroxylation is 1. The van der Waals surface area contributed by atoms with Crippen molar-refractivity contribution in [2.24, 2.45) is 17.1 Å². The summed E-state index contributed by atoms with van der Waals surface area (Å²) in [6, 6.07) is 4.01. The fourth-order valence-electron chi connectivity index (χ4n) is 3.10. The van der Waals surface area contributed by atoms with Crippen molar-refractivity contribution >= 4 is 5.91 Å². The minimum atomic E-state index is -0.342. The number of carbonyl (C=O) groups is 1. The second-order valence-corrected chi connectivity index (χ2v) is 6.66. The standard InChI is InChI=1S/C17H28N2O2/c1-13-7-9-17(12-18,10-8-13)16(20)19-14(2)5-6-15-4-3-11-21-15/h3-4,11,13-14H,5-10,12,18H2,1-2H3,(H,19,20). The van der Waals surface area contributed by atoms with Gasteiger partial charge in [-0.1, -0.05) is 6.92 Å². The minimum absolute atomic E-state index is 0.142. The van der Waals surface area contributed by atoms with E-state index in [2.05, 4.69) is 19.2 Å². The molecule has 0 spiro atoms. The highest BCUT2D eigenvalue weighted by molar-refractivity contribution is 5.83. The lowest BCUT2D eigenvalue weighted by Crippen LogP contribution is -2.50. The first-order valence-corrected chi connectivity index (χ1v) is 8.09. The summed E-state index contributed by atoms with van der Waals surface area (Å²) < 4.78 is 5.33. The number of hydrogen-bond acceptors (Lipinski definition) is 3. The molecule has 4 heteroatoms. The van der Waals surface area contributed by atoms with Crippen LogP contribution in [-0.2, 0) is 11.2 Å². The Morgan fingerprint density at radius 1 is 1.52 bits per heavy atom. The van der Waals surface area contributed by atoms with Crippen LogP contribution in [0.4, 0.5) is 0 Å². The van der Waals surface area contributed by atoms with Crippen LogP contribution in [0.3, 0.4) is 0 Å². The summed E-state index contributed by atoms with van der Waals surface area (Å²) in [4.78, 5) is 12.6. The summed E-state index contributed by atoms with van der Waals surface area (Å²) in [5.74, 6) is 1.83. The van der Waals surface area contributed by atoms with E-state index in [1.807, 2.05) is 12.1 Å². The van der Waals surface area contributed by atoms with Crippen molar-refractivity contribution in [3.63, 3.8) is 0 Å². The summed E-state index contributed by atoms with van der Waals surface area (Å²) in [6.45, 7) is 4.76. The van der Waals surface area contributed by atoms with Crippen LogP contribution in [-0.4, -0.2) is 18.5 Å². The highest BCUT2D eigenvalue weighted by Crippen LogP contribution is 2.38. The van der Waals surface area contributed by atoms with Crippen LogP contribution in [0.1, 0.15) is 51.7 Å². The van der Waals surface area contributed by atoms with Crippen molar-refractivity contribution < 1.29 is 9.21 Å². The van der Waals surface area contributed by atoms with Gasteiger partial charge in [0, 0.05) is 19.0 Å². The zero-order valence-electron chi connectivity index (χ0n) is 13.2. The molecule has 0 aliphatic heterocycles. The molecule has 1 saturated carbocycles. The minimum Gasteiger partial charge on any atom is -0.469 e. The van der Waals surface area contributed by atoms with E-state index in [4.69, 9.17) is 10.2 Å². The maximum absolute atomic E-state index is 12.6. The van der Waals surface area contributed by atoms with Crippen LogP contribution < -0.4 is 11.1 Å². The molecule has 1 heterocycles. The molecule has 1 fully saturated rings. The summed E-state index contributed by atoms with van der Waals surface area (Å²) >= 11 is 0. The zero-order valence-corrected chi connectivity index (χ0v) is 13.2. The molecule has 0 saturated heterocycles. The molecule has 1 aliphatic carbocycles. The van der Waals surface area contributed by atoms with Gasteiger partial charge in [-0.2, -0.15) is 0 Å². The van der Waals surface area contributed by atoms with Crippen LogP contribution in [0.2, 0.25) is 0 Å². The first-order valence-electron chi connectivity index (χ1n) is 8.09. The van der Waals surface area contributed by atoms with Crippen molar-refractivity contribution in [3.05, 3.63) is 24.2 Å². The van der Waals surface area contributed by atoms with E-state index in [1.54, 1.807) is 6.26 Å². The SMILES string of the molecule is CC1CCC(CN)(C(=O)NC(C)CCc2ccco2)CC1. The maximum Gasteiger partial charge on any atom is 0.227 e. The Labute approximate surface area is 127 Å². The van der Waals surface area contributed by atoms with Crippen LogP contribution in [0.15, 0.2) is 22.8 Å². The van der Waals surface area contributed by atoms with Gasteiger partial charge in [-0.3, -0.25) is 4.79 Å². The Bertz CT molecular complexity index is 434. The van der Waals surface area contributed by atoms with Gasteiger partial charge in [0.15, 0.2) is 0 Å².